The quantitative estimate of drug-likeness (QED) is 0.659. The van der Waals surface area contributed by atoms with Crippen molar-refractivity contribution in [2.75, 3.05) is 13.1 Å². The van der Waals surface area contributed by atoms with Crippen molar-refractivity contribution in [2.45, 2.75) is 12.5 Å². The second kappa shape index (κ2) is 4.31. The molecule has 0 unspecified atom stereocenters. The van der Waals surface area contributed by atoms with Crippen molar-refractivity contribution >= 4 is 5.91 Å². The Morgan fingerprint density at radius 1 is 1.47 bits per heavy atom. The number of phenolic OH excluding ortho intramolecular Hbond substituents is 1. The zero-order chi connectivity index (χ0) is 10.7. The van der Waals surface area contributed by atoms with Crippen LogP contribution in [0.5, 0.6) is 5.75 Å². The van der Waals surface area contributed by atoms with Gasteiger partial charge in [0.25, 0.3) is 5.91 Å². The molecule has 1 aromatic rings. The number of benzene rings is 1. The van der Waals surface area contributed by atoms with Crippen LogP contribution in [0.2, 0.25) is 0 Å². The van der Waals surface area contributed by atoms with E-state index in [1.54, 1.807) is 18.2 Å². The van der Waals surface area contributed by atoms with E-state index in [1.165, 1.54) is 6.07 Å². The van der Waals surface area contributed by atoms with Crippen molar-refractivity contribution < 1.29 is 9.90 Å². The maximum atomic E-state index is 11.7. The Kier molecular flexibility index (Phi) is 2.87. The molecule has 2 rings (SSSR count). The van der Waals surface area contributed by atoms with Gasteiger partial charge < -0.3 is 15.7 Å². The number of nitrogens with one attached hydrogen (secondary N) is 2. The minimum atomic E-state index is -0.207. The molecule has 0 spiro atoms. The van der Waals surface area contributed by atoms with Gasteiger partial charge in [-0.15, -0.1) is 0 Å². The van der Waals surface area contributed by atoms with Crippen molar-refractivity contribution in [1.82, 2.24) is 10.6 Å². The first-order chi connectivity index (χ1) is 7.27. The lowest BCUT2D eigenvalue weighted by Crippen LogP contribution is -2.36. The Morgan fingerprint density at radius 2 is 2.27 bits per heavy atom. The zero-order valence-corrected chi connectivity index (χ0v) is 8.36. The Morgan fingerprint density at radius 3 is 2.93 bits per heavy atom. The van der Waals surface area contributed by atoms with Gasteiger partial charge >= 0.3 is 0 Å². The van der Waals surface area contributed by atoms with Gasteiger partial charge in [-0.25, -0.2) is 0 Å². The molecule has 0 bridgehead atoms. The van der Waals surface area contributed by atoms with Crippen LogP contribution in [0.15, 0.2) is 24.3 Å². The Balaban J connectivity index is 2.04. The molecule has 80 valence electrons. The summed E-state index contributed by atoms with van der Waals surface area (Å²) in [5.41, 5.74) is 0.337. The minimum Gasteiger partial charge on any atom is -0.507 e. The fourth-order valence-electron chi connectivity index (χ4n) is 1.71. The number of aromatic hydroxyl groups is 1. The number of rotatable bonds is 2. The molecular formula is C11H14N2O2. The van der Waals surface area contributed by atoms with Crippen molar-refractivity contribution in [1.29, 1.82) is 0 Å². The van der Waals surface area contributed by atoms with Crippen LogP contribution in [0.4, 0.5) is 0 Å². The third-order valence-electron chi connectivity index (χ3n) is 2.54. The van der Waals surface area contributed by atoms with Crippen molar-refractivity contribution in [3.05, 3.63) is 29.8 Å². The van der Waals surface area contributed by atoms with E-state index >= 15 is 0 Å². The van der Waals surface area contributed by atoms with Gasteiger partial charge in [-0.2, -0.15) is 0 Å². The predicted octanol–water partition coefficient (Wildman–Crippen LogP) is 0.484. The molecule has 1 amide bonds. The number of hydrogen-bond acceptors (Lipinski definition) is 3. The predicted molar refractivity (Wildman–Crippen MR) is 56.8 cm³/mol. The Labute approximate surface area is 88.3 Å². The van der Waals surface area contributed by atoms with Gasteiger partial charge in [0.2, 0.25) is 0 Å². The average molecular weight is 206 g/mol. The first kappa shape index (κ1) is 9.98. The number of carbonyl (C=O) groups is 1. The number of para-hydroxylation sites is 1. The van der Waals surface area contributed by atoms with E-state index in [9.17, 15) is 9.90 Å². The summed E-state index contributed by atoms with van der Waals surface area (Å²) in [6.45, 7) is 1.74. The molecule has 1 aromatic carbocycles. The summed E-state index contributed by atoms with van der Waals surface area (Å²) in [6.07, 6.45) is 0.944. The highest BCUT2D eigenvalue weighted by atomic mass is 16.3. The van der Waals surface area contributed by atoms with Gasteiger partial charge in [-0.3, -0.25) is 4.79 Å². The van der Waals surface area contributed by atoms with Gasteiger partial charge in [0, 0.05) is 12.6 Å². The fourth-order valence-corrected chi connectivity index (χ4v) is 1.71. The lowest BCUT2D eigenvalue weighted by molar-refractivity contribution is 0.0937. The molecule has 1 saturated heterocycles. The van der Waals surface area contributed by atoms with E-state index in [2.05, 4.69) is 10.6 Å². The first-order valence-electron chi connectivity index (χ1n) is 5.07. The van der Waals surface area contributed by atoms with Crippen LogP contribution in [0.1, 0.15) is 16.8 Å². The molecule has 1 aliphatic heterocycles. The van der Waals surface area contributed by atoms with Crippen molar-refractivity contribution in [3.63, 3.8) is 0 Å². The third kappa shape index (κ3) is 2.27. The first-order valence-corrected chi connectivity index (χ1v) is 5.07. The molecule has 3 N–H and O–H groups in total. The monoisotopic (exact) mass is 206 g/mol. The Bertz CT molecular complexity index is 359. The van der Waals surface area contributed by atoms with E-state index in [0.29, 0.717) is 5.56 Å². The molecule has 15 heavy (non-hydrogen) atoms. The van der Waals surface area contributed by atoms with E-state index in [1.807, 2.05) is 0 Å². The number of hydrogen-bond donors (Lipinski definition) is 3. The van der Waals surface area contributed by atoms with Crippen LogP contribution >= 0.6 is 0 Å². The number of amides is 1. The molecule has 1 heterocycles. The van der Waals surface area contributed by atoms with Crippen molar-refractivity contribution in [2.24, 2.45) is 0 Å². The Hall–Kier alpha value is -1.55. The smallest absolute Gasteiger partial charge is 0.255 e. The van der Waals surface area contributed by atoms with Gasteiger partial charge in [-0.1, -0.05) is 12.1 Å². The zero-order valence-electron chi connectivity index (χ0n) is 8.36. The molecule has 0 aromatic heterocycles. The molecule has 1 aliphatic rings. The van der Waals surface area contributed by atoms with Crippen LogP contribution in [-0.4, -0.2) is 30.1 Å². The van der Waals surface area contributed by atoms with Gasteiger partial charge in [0.05, 0.1) is 5.56 Å². The highest BCUT2D eigenvalue weighted by Gasteiger charge is 2.18. The summed E-state index contributed by atoms with van der Waals surface area (Å²) < 4.78 is 0. The van der Waals surface area contributed by atoms with Crippen molar-refractivity contribution in [3.8, 4) is 5.75 Å². The number of carbonyl (C=O) groups excluding carboxylic acids is 1. The summed E-state index contributed by atoms with van der Waals surface area (Å²) in [5, 5.41) is 15.5. The molecule has 4 heteroatoms. The summed E-state index contributed by atoms with van der Waals surface area (Å²) >= 11 is 0. The highest BCUT2D eigenvalue weighted by molar-refractivity contribution is 5.96. The van der Waals surface area contributed by atoms with Gasteiger partial charge in [0.1, 0.15) is 5.75 Å². The van der Waals surface area contributed by atoms with Crippen LogP contribution in [0, 0.1) is 0 Å². The molecule has 4 nitrogen and oxygen atoms in total. The lowest BCUT2D eigenvalue weighted by Gasteiger charge is -2.11. The maximum Gasteiger partial charge on any atom is 0.255 e. The summed E-state index contributed by atoms with van der Waals surface area (Å²) in [5.74, 6) is -0.178. The van der Waals surface area contributed by atoms with Gasteiger partial charge in [-0.05, 0) is 25.1 Å². The normalized spacial score (nSPS) is 20.1. The summed E-state index contributed by atoms with van der Waals surface area (Å²) in [7, 11) is 0. The van der Waals surface area contributed by atoms with E-state index in [-0.39, 0.29) is 17.7 Å². The maximum absolute atomic E-state index is 11.7. The second-order valence-electron chi connectivity index (χ2n) is 3.68. The van der Waals surface area contributed by atoms with Crippen LogP contribution < -0.4 is 10.6 Å². The molecule has 0 radical (unpaired) electrons. The molecule has 1 atom stereocenters. The largest absolute Gasteiger partial charge is 0.507 e. The van der Waals surface area contributed by atoms with E-state index < -0.39 is 0 Å². The van der Waals surface area contributed by atoms with E-state index in [0.717, 1.165) is 19.5 Å². The molecule has 1 fully saturated rings. The van der Waals surface area contributed by atoms with Gasteiger partial charge in [0.15, 0.2) is 0 Å². The average Bonchev–Trinajstić information content (AvgIpc) is 2.71. The minimum absolute atomic E-state index is 0.0287. The topological polar surface area (TPSA) is 61.4 Å². The third-order valence-corrected chi connectivity index (χ3v) is 2.54. The molecule has 0 saturated carbocycles. The second-order valence-corrected chi connectivity index (χ2v) is 3.68. The lowest BCUT2D eigenvalue weighted by atomic mass is 10.1. The van der Waals surface area contributed by atoms with E-state index in [4.69, 9.17) is 0 Å². The van der Waals surface area contributed by atoms with Crippen LogP contribution in [-0.2, 0) is 0 Å². The standard InChI is InChI=1S/C11H14N2O2/c14-10-4-2-1-3-9(10)11(15)13-8-5-6-12-7-8/h1-4,8,12,14H,5-7H2,(H,13,15)/t8-/m0/s1. The van der Waals surface area contributed by atoms with Crippen LogP contribution in [0.25, 0.3) is 0 Å². The van der Waals surface area contributed by atoms with Crippen LogP contribution in [0.3, 0.4) is 0 Å². The molecule has 0 aliphatic carbocycles. The summed E-state index contributed by atoms with van der Waals surface area (Å²) in [4.78, 5) is 11.7. The SMILES string of the molecule is O=C(N[C@H]1CCNC1)c1ccccc1O. The highest BCUT2D eigenvalue weighted by Crippen LogP contribution is 2.15. The fraction of sp³-hybridized carbons (Fsp3) is 0.364. The summed E-state index contributed by atoms with van der Waals surface area (Å²) in [6, 6.07) is 6.75. The molecular weight excluding hydrogens is 192 g/mol. The number of phenols is 1.